The van der Waals surface area contributed by atoms with Gasteiger partial charge in [0.15, 0.2) is 0 Å². The Morgan fingerprint density at radius 2 is 1.90 bits per heavy atom. The molecule has 0 radical (unpaired) electrons. The molecular formula is C13H14F4N2O2. The Kier molecular flexibility index (Phi) is 5.28. The van der Waals surface area contributed by atoms with E-state index in [1.54, 1.807) is 12.2 Å². The van der Waals surface area contributed by atoms with Crippen molar-refractivity contribution in [3.8, 4) is 0 Å². The molecule has 0 aromatic heterocycles. The van der Waals surface area contributed by atoms with E-state index in [0.29, 0.717) is 5.56 Å². The molecule has 116 valence electrons. The first-order valence-electron chi connectivity index (χ1n) is 5.95. The predicted molar refractivity (Wildman–Crippen MR) is 67.2 cm³/mol. The Bertz CT molecular complexity index is 543. The van der Waals surface area contributed by atoms with Crippen molar-refractivity contribution in [2.45, 2.75) is 13.1 Å². The molecular weight excluding hydrogens is 292 g/mol. The van der Waals surface area contributed by atoms with E-state index in [9.17, 15) is 27.2 Å². The largest absolute Gasteiger partial charge is 0.405 e. The minimum absolute atomic E-state index is 0.235. The third-order valence-corrected chi connectivity index (χ3v) is 2.57. The fourth-order valence-electron chi connectivity index (χ4n) is 1.55. The number of aryl methyl sites for hydroxylation is 1. The van der Waals surface area contributed by atoms with Gasteiger partial charge in [-0.25, -0.2) is 4.39 Å². The van der Waals surface area contributed by atoms with Crippen LogP contribution in [0, 0.1) is 12.7 Å². The number of benzene rings is 1. The second-order valence-electron chi connectivity index (χ2n) is 4.54. The van der Waals surface area contributed by atoms with Crippen molar-refractivity contribution in [2.75, 3.05) is 20.1 Å². The summed E-state index contributed by atoms with van der Waals surface area (Å²) >= 11 is 0. The highest BCUT2D eigenvalue weighted by atomic mass is 19.4. The van der Waals surface area contributed by atoms with Gasteiger partial charge in [0, 0.05) is 7.05 Å². The quantitative estimate of drug-likeness (QED) is 0.864. The molecule has 1 aromatic rings. The number of carbonyl (C=O) groups excluding carboxylic acids is 2. The summed E-state index contributed by atoms with van der Waals surface area (Å²) in [5.74, 6) is -2.51. The van der Waals surface area contributed by atoms with Crippen LogP contribution in [-0.2, 0) is 4.79 Å². The molecule has 0 aliphatic carbocycles. The number of rotatable bonds is 4. The van der Waals surface area contributed by atoms with E-state index in [1.807, 2.05) is 0 Å². The zero-order valence-corrected chi connectivity index (χ0v) is 11.4. The highest BCUT2D eigenvalue weighted by molar-refractivity contribution is 5.96. The molecule has 2 amide bonds. The molecule has 0 unspecified atom stereocenters. The van der Waals surface area contributed by atoms with Crippen LogP contribution in [0.4, 0.5) is 17.6 Å². The molecule has 0 bridgehead atoms. The number of amides is 2. The molecule has 1 N–H and O–H groups in total. The fraction of sp³-hybridized carbons (Fsp3) is 0.385. The fourth-order valence-corrected chi connectivity index (χ4v) is 1.55. The predicted octanol–water partition coefficient (Wildman–Crippen LogP) is 1.88. The number of nitrogens with one attached hydrogen (secondary N) is 1. The van der Waals surface area contributed by atoms with Gasteiger partial charge in [-0.2, -0.15) is 13.2 Å². The molecule has 0 fully saturated rings. The number of halogens is 4. The van der Waals surface area contributed by atoms with Crippen molar-refractivity contribution in [2.24, 2.45) is 0 Å². The number of nitrogens with zero attached hydrogens (tertiary/aromatic N) is 1. The zero-order chi connectivity index (χ0) is 16.2. The van der Waals surface area contributed by atoms with E-state index in [0.717, 1.165) is 11.0 Å². The smallest absolute Gasteiger partial charge is 0.345 e. The zero-order valence-electron chi connectivity index (χ0n) is 11.4. The Balaban J connectivity index is 2.66. The van der Waals surface area contributed by atoms with Gasteiger partial charge in [-0.05, 0) is 19.1 Å². The molecule has 4 nitrogen and oxygen atoms in total. The molecule has 1 aromatic carbocycles. The SMILES string of the molecule is Cc1ccc(F)c(C(=O)N(C)CC(=O)NCC(F)(F)F)c1. The van der Waals surface area contributed by atoms with Crippen molar-refractivity contribution >= 4 is 11.8 Å². The number of carbonyl (C=O) groups is 2. The molecule has 0 saturated heterocycles. The van der Waals surface area contributed by atoms with Gasteiger partial charge in [-0.15, -0.1) is 0 Å². The van der Waals surface area contributed by atoms with Gasteiger partial charge in [0.25, 0.3) is 5.91 Å². The molecule has 1 rings (SSSR count). The summed E-state index contributed by atoms with van der Waals surface area (Å²) in [5, 5.41) is 1.63. The lowest BCUT2D eigenvalue weighted by Crippen LogP contribution is -2.41. The third-order valence-electron chi connectivity index (χ3n) is 2.57. The minimum Gasteiger partial charge on any atom is -0.345 e. The van der Waals surface area contributed by atoms with Gasteiger partial charge in [-0.1, -0.05) is 11.6 Å². The first kappa shape index (κ1) is 16.9. The lowest BCUT2D eigenvalue weighted by molar-refractivity contribution is -0.138. The van der Waals surface area contributed by atoms with Gasteiger partial charge in [0.2, 0.25) is 5.91 Å². The van der Waals surface area contributed by atoms with Crippen LogP contribution in [0.15, 0.2) is 18.2 Å². The summed E-state index contributed by atoms with van der Waals surface area (Å²) < 4.78 is 49.3. The molecule has 8 heteroatoms. The Morgan fingerprint density at radius 3 is 2.48 bits per heavy atom. The number of alkyl halides is 3. The molecule has 0 aliphatic heterocycles. The number of hydrogen-bond donors (Lipinski definition) is 1. The molecule has 21 heavy (non-hydrogen) atoms. The van der Waals surface area contributed by atoms with E-state index >= 15 is 0 Å². The van der Waals surface area contributed by atoms with Crippen molar-refractivity contribution in [1.82, 2.24) is 10.2 Å². The van der Waals surface area contributed by atoms with Gasteiger partial charge >= 0.3 is 6.18 Å². The van der Waals surface area contributed by atoms with E-state index in [1.165, 1.54) is 19.2 Å². The topological polar surface area (TPSA) is 49.4 Å². The summed E-state index contributed by atoms with van der Waals surface area (Å²) in [7, 11) is 1.21. The van der Waals surface area contributed by atoms with Crippen LogP contribution >= 0.6 is 0 Å². The number of likely N-dealkylation sites (N-methyl/N-ethyl adjacent to an activating group) is 1. The van der Waals surface area contributed by atoms with E-state index < -0.39 is 36.9 Å². The van der Waals surface area contributed by atoms with E-state index in [4.69, 9.17) is 0 Å². The molecule has 0 atom stereocenters. The van der Waals surface area contributed by atoms with Crippen LogP contribution in [0.2, 0.25) is 0 Å². The van der Waals surface area contributed by atoms with Crippen molar-refractivity contribution in [3.63, 3.8) is 0 Å². The average Bonchev–Trinajstić information content (AvgIpc) is 2.37. The lowest BCUT2D eigenvalue weighted by Gasteiger charge is -2.18. The summed E-state index contributed by atoms with van der Waals surface area (Å²) in [6.07, 6.45) is -4.53. The van der Waals surface area contributed by atoms with Gasteiger partial charge in [0.05, 0.1) is 12.1 Å². The maximum Gasteiger partial charge on any atom is 0.405 e. The summed E-state index contributed by atoms with van der Waals surface area (Å²) in [5.41, 5.74) is 0.413. The average molecular weight is 306 g/mol. The summed E-state index contributed by atoms with van der Waals surface area (Å²) in [6.45, 7) is -0.415. The maximum absolute atomic E-state index is 13.5. The van der Waals surface area contributed by atoms with Crippen LogP contribution in [0.5, 0.6) is 0 Å². The second-order valence-corrected chi connectivity index (χ2v) is 4.54. The first-order valence-corrected chi connectivity index (χ1v) is 5.95. The normalized spacial score (nSPS) is 11.1. The van der Waals surface area contributed by atoms with Gasteiger partial charge in [-0.3, -0.25) is 9.59 Å². The monoisotopic (exact) mass is 306 g/mol. The van der Waals surface area contributed by atoms with E-state index in [2.05, 4.69) is 0 Å². The highest BCUT2D eigenvalue weighted by Crippen LogP contribution is 2.13. The van der Waals surface area contributed by atoms with Crippen molar-refractivity contribution in [3.05, 3.63) is 35.1 Å². The molecule has 0 saturated carbocycles. The lowest BCUT2D eigenvalue weighted by atomic mass is 10.1. The summed E-state index contributed by atoms with van der Waals surface area (Å²) in [4.78, 5) is 24.1. The van der Waals surface area contributed by atoms with Crippen LogP contribution < -0.4 is 5.32 Å². The Hall–Kier alpha value is -2.12. The standard InChI is InChI=1S/C13H14F4N2O2/c1-8-3-4-10(14)9(5-8)12(21)19(2)6-11(20)18-7-13(15,16)17/h3-5H,6-7H2,1-2H3,(H,18,20). The third kappa shape index (κ3) is 5.41. The van der Waals surface area contributed by atoms with E-state index in [-0.39, 0.29) is 5.56 Å². The summed E-state index contributed by atoms with van der Waals surface area (Å²) in [6, 6.07) is 3.89. The maximum atomic E-state index is 13.5. The van der Waals surface area contributed by atoms with Gasteiger partial charge in [0.1, 0.15) is 12.4 Å². The molecule has 0 aliphatic rings. The highest BCUT2D eigenvalue weighted by Gasteiger charge is 2.28. The number of hydrogen-bond acceptors (Lipinski definition) is 2. The second kappa shape index (κ2) is 6.55. The Labute approximate surface area is 118 Å². The Morgan fingerprint density at radius 1 is 1.29 bits per heavy atom. The molecule has 0 heterocycles. The first-order chi connectivity index (χ1) is 9.60. The van der Waals surface area contributed by atoms with Crippen molar-refractivity contribution in [1.29, 1.82) is 0 Å². The van der Waals surface area contributed by atoms with Crippen LogP contribution in [0.3, 0.4) is 0 Å². The van der Waals surface area contributed by atoms with Crippen LogP contribution in [0.1, 0.15) is 15.9 Å². The van der Waals surface area contributed by atoms with Crippen LogP contribution in [0.25, 0.3) is 0 Å². The molecule has 0 spiro atoms. The van der Waals surface area contributed by atoms with Gasteiger partial charge < -0.3 is 10.2 Å². The minimum atomic E-state index is -4.53. The van der Waals surface area contributed by atoms with Crippen molar-refractivity contribution < 1.29 is 27.2 Å². The van der Waals surface area contributed by atoms with Crippen LogP contribution in [-0.4, -0.2) is 43.0 Å².